The number of ether oxygens (including phenoxy) is 1. The highest BCUT2D eigenvalue weighted by atomic mass is 79.9. The minimum Gasteiger partial charge on any atom is -0.496 e. The molecule has 0 fully saturated rings. The number of ketones is 1. The molecule has 0 aliphatic heterocycles. The van der Waals surface area contributed by atoms with E-state index in [-0.39, 0.29) is 5.78 Å². The van der Waals surface area contributed by atoms with Crippen molar-refractivity contribution in [2.45, 2.75) is 19.8 Å². The molecule has 0 amide bonds. The van der Waals surface area contributed by atoms with Crippen LogP contribution in [0.2, 0.25) is 0 Å². The Hall–Kier alpha value is -0.870. The maximum absolute atomic E-state index is 12.0. The molecule has 0 saturated heterocycles. The summed E-state index contributed by atoms with van der Waals surface area (Å²) in [6.45, 7) is 4.47. The van der Waals surface area contributed by atoms with E-state index in [1.807, 2.05) is 12.1 Å². The van der Waals surface area contributed by atoms with Crippen LogP contribution in [0.25, 0.3) is 0 Å². The number of hydrogen-bond donors (Lipinski definition) is 1. The standard InChI is InChI=1S/C13H18BrNO2/c1-8(2)10-5-9(14)6-11(13(10)17-4)12(16)7-15-3/h5-6,8,15H,7H2,1-4H3. The van der Waals surface area contributed by atoms with Crippen LogP contribution >= 0.6 is 15.9 Å². The van der Waals surface area contributed by atoms with Crippen LogP contribution in [0.4, 0.5) is 0 Å². The molecular formula is C13H18BrNO2. The van der Waals surface area contributed by atoms with E-state index in [0.717, 1.165) is 10.0 Å². The molecule has 0 bridgehead atoms. The number of rotatable bonds is 5. The number of nitrogens with one attached hydrogen (secondary N) is 1. The van der Waals surface area contributed by atoms with E-state index >= 15 is 0 Å². The number of carbonyl (C=O) groups excluding carboxylic acids is 1. The molecular weight excluding hydrogens is 282 g/mol. The van der Waals surface area contributed by atoms with Crippen molar-refractivity contribution in [1.29, 1.82) is 0 Å². The first-order valence-corrected chi connectivity index (χ1v) is 6.35. The molecule has 17 heavy (non-hydrogen) atoms. The van der Waals surface area contributed by atoms with E-state index in [0.29, 0.717) is 23.8 Å². The molecule has 3 nitrogen and oxygen atoms in total. The van der Waals surface area contributed by atoms with Crippen LogP contribution < -0.4 is 10.1 Å². The summed E-state index contributed by atoms with van der Waals surface area (Å²) in [7, 11) is 3.36. The summed E-state index contributed by atoms with van der Waals surface area (Å²) in [5.41, 5.74) is 1.67. The molecule has 94 valence electrons. The molecule has 0 aliphatic rings. The molecule has 0 saturated carbocycles. The van der Waals surface area contributed by atoms with Crippen LogP contribution in [0.15, 0.2) is 16.6 Å². The van der Waals surface area contributed by atoms with Gasteiger partial charge in [-0.15, -0.1) is 0 Å². The number of likely N-dealkylation sites (N-methyl/N-ethyl adjacent to an activating group) is 1. The van der Waals surface area contributed by atoms with Crippen LogP contribution in [0.1, 0.15) is 35.7 Å². The molecule has 1 aromatic rings. The lowest BCUT2D eigenvalue weighted by Crippen LogP contribution is -2.19. The maximum atomic E-state index is 12.0. The van der Waals surface area contributed by atoms with Gasteiger partial charge < -0.3 is 10.1 Å². The lowest BCUT2D eigenvalue weighted by Gasteiger charge is -2.16. The van der Waals surface area contributed by atoms with Crippen molar-refractivity contribution < 1.29 is 9.53 Å². The number of methoxy groups -OCH3 is 1. The van der Waals surface area contributed by atoms with Gasteiger partial charge in [0.15, 0.2) is 5.78 Å². The van der Waals surface area contributed by atoms with Gasteiger partial charge in [-0.3, -0.25) is 4.79 Å². The van der Waals surface area contributed by atoms with Crippen molar-refractivity contribution in [2.24, 2.45) is 0 Å². The Morgan fingerprint density at radius 2 is 2.12 bits per heavy atom. The summed E-state index contributed by atoms with van der Waals surface area (Å²) in [6.07, 6.45) is 0. The smallest absolute Gasteiger partial charge is 0.180 e. The average Bonchev–Trinajstić information content (AvgIpc) is 2.28. The lowest BCUT2D eigenvalue weighted by atomic mass is 9.97. The van der Waals surface area contributed by atoms with E-state index < -0.39 is 0 Å². The molecule has 0 heterocycles. The fourth-order valence-electron chi connectivity index (χ4n) is 1.73. The SMILES string of the molecule is CNCC(=O)c1cc(Br)cc(C(C)C)c1OC. The highest BCUT2D eigenvalue weighted by molar-refractivity contribution is 9.10. The predicted molar refractivity (Wildman–Crippen MR) is 73.0 cm³/mol. The van der Waals surface area contributed by atoms with E-state index in [2.05, 4.69) is 35.1 Å². The van der Waals surface area contributed by atoms with Gasteiger partial charge in [0.25, 0.3) is 0 Å². The topological polar surface area (TPSA) is 38.3 Å². The number of carbonyl (C=O) groups is 1. The van der Waals surface area contributed by atoms with Gasteiger partial charge >= 0.3 is 0 Å². The second kappa shape index (κ2) is 6.17. The minimum atomic E-state index is 0.0348. The Balaban J connectivity index is 3.32. The van der Waals surface area contributed by atoms with Gasteiger partial charge in [0.05, 0.1) is 19.2 Å². The number of halogens is 1. The highest BCUT2D eigenvalue weighted by Crippen LogP contribution is 2.33. The quantitative estimate of drug-likeness (QED) is 0.850. The largest absolute Gasteiger partial charge is 0.496 e. The van der Waals surface area contributed by atoms with Crippen LogP contribution in [0, 0.1) is 0 Å². The van der Waals surface area contributed by atoms with Gasteiger partial charge in [0.1, 0.15) is 5.75 Å². The molecule has 1 aromatic carbocycles. The molecule has 0 atom stereocenters. The van der Waals surface area contributed by atoms with E-state index in [4.69, 9.17) is 4.74 Å². The Morgan fingerprint density at radius 3 is 2.59 bits per heavy atom. The third kappa shape index (κ3) is 3.30. The molecule has 0 spiro atoms. The number of Topliss-reactive ketones (excluding diaryl/α,β-unsaturated/α-hetero) is 1. The zero-order valence-corrected chi connectivity index (χ0v) is 12.2. The molecule has 4 heteroatoms. The van der Waals surface area contributed by atoms with Gasteiger partial charge in [-0.25, -0.2) is 0 Å². The Bertz CT molecular complexity index is 416. The molecule has 0 aliphatic carbocycles. The third-order valence-electron chi connectivity index (χ3n) is 2.55. The van der Waals surface area contributed by atoms with E-state index in [9.17, 15) is 4.79 Å². The lowest BCUT2D eigenvalue weighted by molar-refractivity contribution is 0.0990. The number of hydrogen-bond acceptors (Lipinski definition) is 3. The minimum absolute atomic E-state index is 0.0348. The van der Waals surface area contributed by atoms with Crippen molar-refractivity contribution in [3.8, 4) is 5.75 Å². The van der Waals surface area contributed by atoms with Crippen LogP contribution in [0.5, 0.6) is 5.75 Å². The Labute approximate surface area is 111 Å². The van der Waals surface area contributed by atoms with Crippen molar-refractivity contribution in [3.63, 3.8) is 0 Å². The second-order valence-electron chi connectivity index (χ2n) is 4.18. The summed E-state index contributed by atoms with van der Waals surface area (Å²) < 4.78 is 6.29. The van der Waals surface area contributed by atoms with E-state index in [1.54, 1.807) is 14.2 Å². The predicted octanol–water partition coefficient (Wildman–Crippen LogP) is 2.98. The van der Waals surface area contributed by atoms with Crippen molar-refractivity contribution in [1.82, 2.24) is 5.32 Å². The first-order valence-electron chi connectivity index (χ1n) is 5.56. The first kappa shape index (κ1) is 14.2. The number of benzene rings is 1. The first-order chi connectivity index (χ1) is 8.01. The van der Waals surface area contributed by atoms with E-state index in [1.165, 1.54) is 0 Å². The molecule has 0 aromatic heterocycles. The fourth-order valence-corrected chi connectivity index (χ4v) is 2.21. The zero-order chi connectivity index (χ0) is 13.0. The van der Waals surface area contributed by atoms with Gasteiger partial charge in [-0.05, 0) is 30.7 Å². The van der Waals surface area contributed by atoms with Gasteiger partial charge in [-0.2, -0.15) is 0 Å². The van der Waals surface area contributed by atoms with Crippen LogP contribution in [0.3, 0.4) is 0 Å². The van der Waals surface area contributed by atoms with Crippen LogP contribution in [-0.2, 0) is 0 Å². The molecule has 0 unspecified atom stereocenters. The summed E-state index contributed by atoms with van der Waals surface area (Å²) in [5, 5.41) is 2.87. The van der Waals surface area contributed by atoms with Crippen molar-refractivity contribution in [3.05, 3.63) is 27.7 Å². The summed E-state index contributed by atoms with van der Waals surface area (Å²) in [5.74, 6) is 1.03. The summed E-state index contributed by atoms with van der Waals surface area (Å²) in [4.78, 5) is 12.0. The van der Waals surface area contributed by atoms with Gasteiger partial charge in [0.2, 0.25) is 0 Å². The molecule has 1 rings (SSSR count). The van der Waals surface area contributed by atoms with Gasteiger partial charge in [0, 0.05) is 4.47 Å². The Kier molecular flexibility index (Phi) is 5.15. The monoisotopic (exact) mass is 299 g/mol. The normalized spacial score (nSPS) is 10.7. The van der Waals surface area contributed by atoms with Crippen molar-refractivity contribution >= 4 is 21.7 Å². The highest BCUT2D eigenvalue weighted by Gasteiger charge is 2.18. The summed E-state index contributed by atoms with van der Waals surface area (Å²) in [6, 6.07) is 3.81. The third-order valence-corrected chi connectivity index (χ3v) is 3.00. The molecule has 1 N–H and O–H groups in total. The molecule has 0 radical (unpaired) electrons. The van der Waals surface area contributed by atoms with Gasteiger partial charge in [-0.1, -0.05) is 29.8 Å². The zero-order valence-electron chi connectivity index (χ0n) is 10.6. The second-order valence-corrected chi connectivity index (χ2v) is 5.10. The Morgan fingerprint density at radius 1 is 1.47 bits per heavy atom. The van der Waals surface area contributed by atoms with Crippen LogP contribution in [-0.4, -0.2) is 26.5 Å². The van der Waals surface area contributed by atoms with Crippen molar-refractivity contribution in [2.75, 3.05) is 20.7 Å². The summed E-state index contributed by atoms with van der Waals surface area (Å²) >= 11 is 3.44. The fraction of sp³-hybridized carbons (Fsp3) is 0.462. The maximum Gasteiger partial charge on any atom is 0.180 e. The average molecular weight is 300 g/mol.